The van der Waals surface area contributed by atoms with Crippen molar-refractivity contribution in [2.24, 2.45) is 5.92 Å². The highest BCUT2D eigenvalue weighted by Crippen LogP contribution is 2.22. The van der Waals surface area contributed by atoms with Gasteiger partial charge in [0.25, 0.3) is 5.91 Å². The Bertz CT molecular complexity index is 675. The number of hydrogen-bond donors (Lipinski definition) is 3. The van der Waals surface area contributed by atoms with E-state index < -0.39 is 12.1 Å². The van der Waals surface area contributed by atoms with Crippen molar-refractivity contribution >= 4 is 17.7 Å². The Balaban J connectivity index is 2.79. The van der Waals surface area contributed by atoms with Crippen molar-refractivity contribution in [1.82, 2.24) is 16.0 Å². The van der Waals surface area contributed by atoms with Crippen molar-refractivity contribution < 1.29 is 14.4 Å². The molecule has 0 aromatic heterocycles. The summed E-state index contributed by atoms with van der Waals surface area (Å²) in [5.74, 6) is -1.03. The molecule has 2 unspecified atom stereocenters. The fourth-order valence-corrected chi connectivity index (χ4v) is 2.65. The molecule has 0 aliphatic heterocycles. The molecule has 1 rings (SSSR count). The molecular formula is C22H35N3O3. The molecule has 2 atom stereocenters. The molecule has 1 aromatic rings. The van der Waals surface area contributed by atoms with E-state index in [9.17, 15) is 14.4 Å². The van der Waals surface area contributed by atoms with Crippen LogP contribution in [0, 0.1) is 5.92 Å². The third-order valence-corrected chi connectivity index (χ3v) is 4.55. The van der Waals surface area contributed by atoms with Crippen LogP contribution in [0.15, 0.2) is 24.3 Å². The van der Waals surface area contributed by atoms with Gasteiger partial charge in [-0.1, -0.05) is 53.7 Å². The SMILES string of the molecule is CCCNC(=O)C(C)NC(=O)C(NC(=O)c1ccc(C(C)(C)C)cc1)C(C)C. The van der Waals surface area contributed by atoms with Crippen LogP contribution in [0.1, 0.15) is 70.8 Å². The second-order valence-electron chi connectivity index (χ2n) is 8.54. The second-order valence-corrected chi connectivity index (χ2v) is 8.54. The summed E-state index contributed by atoms with van der Waals surface area (Å²) in [5, 5.41) is 8.23. The third-order valence-electron chi connectivity index (χ3n) is 4.55. The topological polar surface area (TPSA) is 87.3 Å². The molecule has 3 amide bonds. The summed E-state index contributed by atoms with van der Waals surface area (Å²) in [5.41, 5.74) is 1.64. The summed E-state index contributed by atoms with van der Waals surface area (Å²) in [6.07, 6.45) is 0.824. The van der Waals surface area contributed by atoms with E-state index in [1.165, 1.54) is 0 Å². The van der Waals surface area contributed by atoms with E-state index in [0.29, 0.717) is 12.1 Å². The molecule has 1 aromatic carbocycles. The van der Waals surface area contributed by atoms with Crippen molar-refractivity contribution in [3.05, 3.63) is 35.4 Å². The van der Waals surface area contributed by atoms with Gasteiger partial charge in [0.05, 0.1) is 0 Å². The molecule has 0 aliphatic rings. The lowest BCUT2D eigenvalue weighted by Gasteiger charge is -2.24. The zero-order chi connectivity index (χ0) is 21.5. The maximum absolute atomic E-state index is 12.6. The van der Waals surface area contributed by atoms with Crippen LogP contribution in [-0.4, -0.2) is 36.3 Å². The molecular weight excluding hydrogens is 354 g/mol. The van der Waals surface area contributed by atoms with Crippen molar-refractivity contribution in [2.75, 3.05) is 6.54 Å². The maximum Gasteiger partial charge on any atom is 0.251 e. The maximum atomic E-state index is 12.6. The third kappa shape index (κ3) is 6.98. The predicted octanol–water partition coefficient (Wildman–Crippen LogP) is 2.77. The van der Waals surface area contributed by atoms with E-state index in [2.05, 4.69) is 36.7 Å². The molecule has 0 saturated carbocycles. The standard InChI is InChI=1S/C22H35N3O3/c1-8-13-23-19(26)15(4)24-21(28)18(14(2)3)25-20(27)16-9-11-17(12-10-16)22(5,6)7/h9-12,14-15,18H,8,13H2,1-7H3,(H,23,26)(H,24,28)(H,25,27). The van der Waals surface area contributed by atoms with Gasteiger partial charge in [0.15, 0.2) is 0 Å². The first-order valence-electron chi connectivity index (χ1n) is 9.96. The van der Waals surface area contributed by atoms with E-state index in [4.69, 9.17) is 0 Å². The monoisotopic (exact) mass is 389 g/mol. The molecule has 156 valence electrons. The van der Waals surface area contributed by atoms with Gasteiger partial charge in [-0.15, -0.1) is 0 Å². The van der Waals surface area contributed by atoms with E-state index in [1.807, 2.05) is 32.9 Å². The predicted molar refractivity (Wildman–Crippen MR) is 112 cm³/mol. The van der Waals surface area contributed by atoms with Gasteiger partial charge in [-0.3, -0.25) is 14.4 Å². The molecule has 6 heteroatoms. The fraction of sp³-hybridized carbons (Fsp3) is 0.591. The minimum absolute atomic E-state index is 0.00382. The molecule has 6 nitrogen and oxygen atoms in total. The Labute approximate surface area is 168 Å². The van der Waals surface area contributed by atoms with Crippen LogP contribution in [0.4, 0.5) is 0 Å². The average Bonchev–Trinajstić information content (AvgIpc) is 2.62. The van der Waals surface area contributed by atoms with Gasteiger partial charge in [-0.05, 0) is 42.4 Å². The van der Waals surface area contributed by atoms with Crippen LogP contribution < -0.4 is 16.0 Å². The van der Waals surface area contributed by atoms with Crippen LogP contribution in [0.25, 0.3) is 0 Å². The molecule has 0 fully saturated rings. The number of hydrogen-bond acceptors (Lipinski definition) is 3. The van der Waals surface area contributed by atoms with Crippen molar-refractivity contribution in [2.45, 2.75) is 72.4 Å². The lowest BCUT2D eigenvalue weighted by atomic mass is 9.86. The molecule has 0 heterocycles. The highest BCUT2D eigenvalue weighted by atomic mass is 16.2. The summed E-state index contributed by atoms with van der Waals surface area (Å²) < 4.78 is 0. The molecule has 0 radical (unpaired) electrons. The quantitative estimate of drug-likeness (QED) is 0.639. The van der Waals surface area contributed by atoms with Crippen LogP contribution in [0.2, 0.25) is 0 Å². The lowest BCUT2D eigenvalue weighted by Crippen LogP contribution is -2.54. The van der Waals surface area contributed by atoms with E-state index in [1.54, 1.807) is 19.1 Å². The number of carbonyl (C=O) groups is 3. The van der Waals surface area contributed by atoms with Gasteiger partial charge in [0, 0.05) is 12.1 Å². The van der Waals surface area contributed by atoms with Crippen LogP contribution in [0.3, 0.4) is 0 Å². The number of rotatable bonds is 8. The van der Waals surface area contributed by atoms with Crippen LogP contribution in [-0.2, 0) is 15.0 Å². The Morgan fingerprint density at radius 1 is 0.929 bits per heavy atom. The Kier molecular flexibility index (Phi) is 8.66. The summed E-state index contributed by atoms with van der Waals surface area (Å²) in [7, 11) is 0. The van der Waals surface area contributed by atoms with Gasteiger partial charge >= 0.3 is 0 Å². The second kappa shape index (κ2) is 10.2. The molecule has 0 aliphatic carbocycles. The zero-order valence-corrected chi connectivity index (χ0v) is 18.2. The molecule has 3 N–H and O–H groups in total. The number of carbonyl (C=O) groups excluding carboxylic acids is 3. The van der Waals surface area contributed by atoms with Gasteiger partial charge in [-0.2, -0.15) is 0 Å². The molecule has 0 spiro atoms. The summed E-state index contributed by atoms with van der Waals surface area (Å²) in [6.45, 7) is 14.2. The van der Waals surface area contributed by atoms with Crippen molar-refractivity contribution in [3.8, 4) is 0 Å². The summed E-state index contributed by atoms with van der Waals surface area (Å²) in [4.78, 5) is 37.2. The zero-order valence-electron chi connectivity index (χ0n) is 18.2. The van der Waals surface area contributed by atoms with Gasteiger partial charge in [0.2, 0.25) is 11.8 Å². The van der Waals surface area contributed by atoms with Crippen LogP contribution in [0.5, 0.6) is 0 Å². The lowest BCUT2D eigenvalue weighted by molar-refractivity contribution is -0.130. The Morgan fingerprint density at radius 2 is 1.50 bits per heavy atom. The molecule has 0 saturated heterocycles. The number of nitrogens with one attached hydrogen (secondary N) is 3. The van der Waals surface area contributed by atoms with E-state index in [0.717, 1.165) is 12.0 Å². The number of amides is 3. The minimum Gasteiger partial charge on any atom is -0.354 e. The summed E-state index contributed by atoms with van der Waals surface area (Å²) >= 11 is 0. The van der Waals surface area contributed by atoms with Crippen LogP contribution >= 0.6 is 0 Å². The Morgan fingerprint density at radius 3 is 1.96 bits per heavy atom. The fourth-order valence-electron chi connectivity index (χ4n) is 2.65. The highest BCUT2D eigenvalue weighted by molar-refractivity contribution is 5.98. The first-order chi connectivity index (χ1) is 13.0. The van der Waals surface area contributed by atoms with Gasteiger partial charge in [0.1, 0.15) is 12.1 Å². The largest absolute Gasteiger partial charge is 0.354 e. The summed E-state index contributed by atoms with van der Waals surface area (Å²) in [6, 6.07) is 6.01. The van der Waals surface area contributed by atoms with Crippen molar-refractivity contribution in [1.29, 1.82) is 0 Å². The van der Waals surface area contributed by atoms with Crippen molar-refractivity contribution in [3.63, 3.8) is 0 Å². The highest BCUT2D eigenvalue weighted by Gasteiger charge is 2.27. The van der Waals surface area contributed by atoms with E-state index in [-0.39, 0.29) is 29.1 Å². The normalized spacial score (nSPS) is 13.6. The molecule has 28 heavy (non-hydrogen) atoms. The average molecular weight is 390 g/mol. The minimum atomic E-state index is -0.726. The first-order valence-corrected chi connectivity index (χ1v) is 9.96. The van der Waals surface area contributed by atoms with E-state index >= 15 is 0 Å². The van der Waals surface area contributed by atoms with Gasteiger partial charge < -0.3 is 16.0 Å². The Hall–Kier alpha value is -2.37. The smallest absolute Gasteiger partial charge is 0.251 e. The molecule has 0 bridgehead atoms. The van der Waals surface area contributed by atoms with Gasteiger partial charge in [-0.25, -0.2) is 0 Å². The number of benzene rings is 1. The first kappa shape index (κ1) is 23.7.